The Morgan fingerprint density at radius 1 is 1.55 bits per heavy atom. The summed E-state index contributed by atoms with van der Waals surface area (Å²) in [5, 5.41) is 6.59. The van der Waals surface area contributed by atoms with Crippen molar-refractivity contribution in [1.29, 1.82) is 0 Å². The second-order valence-corrected chi connectivity index (χ2v) is 6.92. The first-order valence-corrected chi connectivity index (χ1v) is 8.06. The molecule has 9 heteroatoms. The first-order valence-electron chi connectivity index (χ1n) is 7.01. The minimum atomic E-state index is -4.33. The molecule has 2 amide bonds. The van der Waals surface area contributed by atoms with Crippen molar-refractivity contribution in [3.8, 4) is 0 Å². The molecule has 0 aliphatic carbocycles. The summed E-state index contributed by atoms with van der Waals surface area (Å²) in [7, 11) is 0. The van der Waals surface area contributed by atoms with Crippen LogP contribution in [0.2, 0.25) is 0 Å². The van der Waals surface area contributed by atoms with Gasteiger partial charge < -0.3 is 10.2 Å². The third-order valence-corrected chi connectivity index (χ3v) is 4.89. The van der Waals surface area contributed by atoms with E-state index in [0.29, 0.717) is 24.3 Å². The molecule has 1 atom stereocenters. The number of carbonyl (C=O) groups is 1. The molecule has 22 heavy (non-hydrogen) atoms. The van der Waals surface area contributed by atoms with Crippen molar-refractivity contribution in [3.05, 3.63) is 12.4 Å². The Morgan fingerprint density at radius 3 is 2.91 bits per heavy atom. The lowest BCUT2D eigenvalue weighted by molar-refractivity contribution is -0.142. The minimum Gasteiger partial charge on any atom is -0.323 e. The standard InChI is InChI=1S/C13H19F3N4OS/c1-9(2)11-7-19(3-4-22-11)12(21)18-10-5-17-20(6-10)8-13(14,15)16/h5-6,9,11H,3-4,7-8H2,1-2H3,(H,18,21)/t11-/m0/s1. The number of anilines is 1. The van der Waals surface area contributed by atoms with Gasteiger partial charge in [0.05, 0.1) is 11.9 Å². The maximum Gasteiger partial charge on any atom is 0.408 e. The molecule has 0 bridgehead atoms. The summed E-state index contributed by atoms with van der Waals surface area (Å²) in [6, 6.07) is -0.294. The summed E-state index contributed by atoms with van der Waals surface area (Å²) in [5.74, 6) is 1.33. The van der Waals surface area contributed by atoms with E-state index in [4.69, 9.17) is 0 Å². The number of carbonyl (C=O) groups excluding carboxylic acids is 1. The van der Waals surface area contributed by atoms with Crippen molar-refractivity contribution < 1.29 is 18.0 Å². The molecule has 0 saturated carbocycles. The summed E-state index contributed by atoms with van der Waals surface area (Å²) < 4.78 is 37.6. The van der Waals surface area contributed by atoms with Crippen molar-refractivity contribution in [1.82, 2.24) is 14.7 Å². The van der Waals surface area contributed by atoms with Crippen molar-refractivity contribution in [2.75, 3.05) is 24.2 Å². The number of hydrogen-bond donors (Lipinski definition) is 1. The van der Waals surface area contributed by atoms with Crippen LogP contribution in [0.15, 0.2) is 12.4 Å². The van der Waals surface area contributed by atoms with Gasteiger partial charge in [0.2, 0.25) is 0 Å². The van der Waals surface area contributed by atoms with Gasteiger partial charge in [-0.15, -0.1) is 0 Å². The van der Waals surface area contributed by atoms with Gasteiger partial charge in [-0.25, -0.2) is 4.79 Å². The summed E-state index contributed by atoms with van der Waals surface area (Å²) in [6.45, 7) is 4.33. The van der Waals surface area contributed by atoms with Crippen molar-refractivity contribution >= 4 is 23.5 Å². The van der Waals surface area contributed by atoms with Gasteiger partial charge in [0.25, 0.3) is 0 Å². The molecule has 1 aromatic rings. The highest BCUT2D eigenvalue weighted by Gasteiger charge is 2.29. The number of halogens is 3. The minimum absolute atomic E-state index is 0.272. The van der Waals surface area contributed by atoms with Gasteiger partial charge in [0, 0.05) is 30.3 Å². The number of urea groups is 1. The average Bonchev–Trinajstić information content (AvgIpc) is 2.83. The van der Waals surface area contributed by atoms with Crippen molar-refractivity contribution in [2.45, 2.75) is 31.8 Å². The summed E-state index contributed by atoms with van der Waals surface area (Å²) >= 11 is 1.85. The Hall–Kier alpha value is -1.38. The van der Waals surface area contributed by atoms with Gasteiger partial charge in [-0.3, -0.25) is 4.68 Å². The lowest BCUT2D eigenvalue weighted by Crippen LogP contribution is -2.45. The van der Waals surface area contributed by atoms with Crippen LogP contribution >= 0.6 is 11.8 Å². The molecule has 1 aliphatic rings. The van der Waals surface area contributed by atoms with E-state index in [1.165, 1.54) is 12.4 Å². The number of aromatic nitrogens is 2. The lowest BCUT2D eigenvalue weighted by atomic mass is 10.1. The Morgan fingerprint density at radius 2 is 2.27 bits per heavy atom. The Kier molecular flexibility index (Phi) is 5.25. The third-order valence-electron chi connectivity index (χ3n) is 3.35. The van der Waals surface area contributed by atoms with Crippen LogP contribution in [0, 0.1) is 5.92 Å². The summed E-state index contributed by atoms with van der Waals surface area (Å²) in [5.41, 5.74) is 0.272. The number of thioether (sulfide) groups is 1. The van der Waals surface area contributed by atoms with Crippen LogP contribution in [0.3, 0.4) is 0 Å². The molecule has 1 fully saturated rings. The van der Waals surface area contributed by atoms with E-state index >= 15 is 0 Å². The molecule has 2 heterocycles. The molecule has 2 rings (SSSR count). The molecule has 5 nitrogen and oxygen atoms in total. The predicted octanol–water partition coefficient (Wildman–Crippen LogP) is 3.05. The van der Waals surface area contributed by atoms with Gasteiger partial charge >= 0.3 is 12.2 Å². The third kappa shape index (κ3) is 4.82. The molecule has 0 radical (unpaired) electrons. The Bertz CT molecular complexity index is 518. The second kappa shape index (κ2) is 6.80. The quantitative estimate of drug-likeness (QED) is 0.923. The second-order valence-electron chi connectivity index (χ2n) is 5.57. The SMILES string of the molecule is CC(C)[C@@H]1CN(C(=O)Nc2cnn(CC(F)(F)F)c2)CCS1. The molecule has 1 N–H and O–H groups in total. The van der Waals surface area contributed by atoms with E-state index in [2.05, 4.69) is 24.3 Å². The van der Waals surface area contributed by atoms with Gasteiger partial charge in [-0.05, 0) is 5.92 Å². The zero-order chi connectivity index (χ0) is 16.3. The Labute approximate surface area is 131 Å². The lowest BCUT2D eigenvalue weighted by Gasteiger charge is -2.34. The van der Waals surface area contributed by atoms with Gasteiger partial charge in [0.1, 0.15) is 6.54 Å². The zero-order valence-electron chi connectivity index (χ0n) is 12.4. The smallest absolute Gasteiger partial charge is 0.323 e. The number of nitrogens with one attached hydrogen (secondary N) is 1. The molecule has 124 valence electrons. The van der Waals surface area contributed by atoms with Crippen LogP contribution in [-0.4, -0.2) is 51.0 Å². The summed E-state index contributed by atoms with van der Waals surface area (Å²) in [4.78, 5) is 13.9. The highest BCUT2D eigenvalue weighted by Crippen LogP contribution is 2.25. The van der Waals surface area contributed by atoms with Crippen LogP contribution in [0.1, 0.15) is 13.8 Å². The molecular formula is C13H19F3N4OS. The van der Waals surface area contributed by atoms with Gasteiger partial charge in [-0.1, -0.05) is 13.8 Å². The van der Waals surface area contributed by atoms with E-state index in [1.807, 2.05) is 11.8 Å². The first-order chi connectivity index (χ1) is 10.2. The van der Waals surface area contributed by atoms with E-state index in [9.17, 15) is 18.0 Å². The predicted molar refractivity (Wildman–Crippen MR) is 80.0 cm³/mol. The number of rotatable bonds is 3. The van der Waals surface area contributed by atoms with Crippen LogP contribution in [0.4, 0.5) is 23.7 Å². The molecule has 1 aromatic heterocycles. The zero-order valence-corrected chi connectivity index (χ0v) is 13.2. The largest absolute Gasteiger partial charge is 0.408 e. The van der Waals surface area contributed by atoms with E-state index in [-0.39, 0.29) is 11.7 Å². The maximum absolute atomic E-state index is 12.3. The molecule has 1 aliphatic heterocycles. The van der Waals surface area contributed by atoms with Crippen molar-refractivity contribution in [2.24, 2.45) is 5.92 Å². The molecule has 0 aromatic carbocycles. The molecule has 1 saturated heterocycles. The van der Waals surface area contributed by atoms with Crippen LogP contribution < -0.4 is 5.32 Å². The fourth-order valence-corrected chi connectivity index (χ4v) is 3.46. The molecule has 0 spiro atoms. The fourth-order valence-electron chi connectivity index (χ4n) is 2.16. The van der Waals surface area contributed by atoms with E-state index in [1.54, 1.807) is 4.90 Å². The maximum atomic E-state index is 12.3. The highest BCUT2D eigenvalue weighted by atomic mass is 32.2. The Balaban J connectivity index is 1.91. The molecule has 0 unspecified atom stereocenters. The van der Waals surface area contributed by atoms with Crippen LogP contribution in [0.25, 0.3) is 0 Å². The summed E-state index contributed by atoms with van der Waals surface area (Å²) in [6.07, 6.45) is -1.92. The first kappa shape index (κ1) is 17.0. The highest BCUT2D eigenvalue weighted by molar-refractivity contribution is 8.00. The molecular weight excluding hydrogens is 317 g/mol. The van der Waals surface area contributed by atoms with Crippen LogP contribution in [-0.2, 0) is 6.54 Å². The van der Waals surface area contributed by atoms with Crippen LogP contribution in [0.5, 0.6) is 0 Å². The van der Waals surface area contributed by atoms with E-state index < -0.39 is 12.7 Å². The van der Waals surface area contributed by atoms with Gasteiger partial charge in [-0.2, -0.15) is 30.0 Å². The monoisotopic (exact) mass is 336 g/mol. The number of amides is 2. The van der Waals surface area contributed by atoms with Crippen molar-refractivity contribution in [3.63, 3.8) is 0 Å². The number of nitrogens with zero attached hydrogens (tertiary/aromatic N) is 3. The number of alkyl halides is 3. The van der Waals surface area contributed by atoms with Gasteiger partial charge in [0.15, 0.2) is 0 Å². The normalized spacial score (nSPS) is 19.5. The average molecular weight is 336 g/mol. The number of hydrogen-bond acceptors (Lipinski definition) is 3. The van der Waals surface area contributed by atoms with E-state index in [0.717, 1.165) is 10.4 Å². The topological polar surface area (TPSA) is 50.2 Å². The fraction of sp³-hybridized carbons (Fsp3) is 0.692.